The lowest BCUT2D eigenvalue weighted by atomic mass is 10.0. The Morgan fingerprint density at radius 2 is 1.52 bits per heavy atom. The Balaban J connectivity index is 1.63. The van der Waals surface area contributed by atoms with Crippen LogP contribution in [0.3, 0.4) is 0 Å². The van der Waals surface area contributed by atoms with Gasteiger partial charge in [0.2, 0.25) is 0 Å². The highest BCUT2D eigenvalue weighted by molar-refractivity contribution is 7.99. The van der Waals surface area contributed by atoms with Crippen molar-refractivity contribution in [3.63, 3.8) is 0 Å². The average molecular weight is 401 g/mol. The van der Waals surface area contributed by atoms with Crippen molar-refractivity contribution in [2.24, 2.45) is 0 Å². The van der Waals surface area contributed by atoms with E-state index in [1.165, 1.54) is 24.2 Å². The first-order valence-electron chi connectivity index (χ1n) is 10.1. The van der Waals surface area contributed by atoms with E-state index in [-0.39, 0.29) is 5.97 Å². The zero-order valence-electron chi connectivity index (χ0n) is 16.6. The molecule has 2 nitrogen and oxygen atoms in total. The Bertz CT molecular complexity index is 1140. The largest absolute Gasteiger partial charge is 0.422 e. The number of carbonyl (C=O) groups excluding carboxylic acids is 1. The van der Waals surface area contributed by atoms with Crippen LogP contribution in [0.2, 0.25) is 0 Å². The highest BCUT2D eigenvalue weighted by Crippen LogP contribution is 2.35. The molecule has 0 saturated heterocycles. The van der Waals surface area contributed by atoms with Crippen molar-refractivity contribution in [3.8, 4) is 5.75 Å². The minimum absolute atomic E-state index is 0.324. The Hall–Kier alpha value is -2.78. The van der Waals surface area contributed by atoms with Crippen LogP contribution < -0.4 is 4.74 Å². The minimum Gasteiger partial charge on any atom is -0.422 e. The summed E-state index contributed by atoms with van der Waals surface area (Å²) in [5, 5.41) is 4.05. The molecule has 4 aromatic carbocycles. The molecular weight excluding hydrogens is 376 g/mol. The molecule has 0 amide bonds. The molecule has 0 aromatic heterocycles. The summed E-state index contributed by atoms with van der Waals surface area (Å²) in [5.74, 6) is 1.39. The molecule has 0 fully saturated rings. The fourth-order valence-electron chi connectivity index (χ4n) is 3.55. The van der Waals surface area contributed by atoms with Crippen molar-refractivity contribution >= 4 is 39.3 Å². The van der Waals surface area contributed by atoms with Gasteiger partial charge in [-0.05, 0) is 46.5 Å². The van der Waals surface area contributed by atoms with Gasteiger partial charge in [-0.25, -0.2) is 4.79 Å². The molecule has 0 saturated carbocycles. The number of rotatable bonds is 7. The minimum atomic E-state index is -0.324. The zero-order chi connectivity index (χ0) is 20.1. The Morgan fingerprint density at radius 1 is 0.793 bits per heavy atom. The van der Waals surface area contributed by atoms with Gasteiger partial charge in [-0.2, -0.15) is 0 Å². The number of ether oxygens (including phenoxy) is 1. The van der Waals surface area contributed by atoms with Crippen LogP contribution in [0.4, 0.5) is 0 Å². The normalized spacial score (nSPS) is 11.1. The van der Waals surface area contributed by atoms with E-state index in [0.29, 0.717) is 11.3 Å². The van der Waals surface area contributed by atoms with Gasteiger partial charge in [-0.3, -0.25) is 0 Å². The third-order valence-electron chi connectivity index (χ3n) is 5.06. The number of thioether (sulfide) groups is 1. The van der Waals surface area contributed by atoms with Gasteiger partial charge in [0.25, 0.3) is 0 Å². The highest BCUT2D eigenvalue weighted by atomic mass is 32.2. The van der Waals surface area contributed by atoms with Crippen LogP contribution >= 0.6 is 11.8 Å². The molecule has 0 N–H and O–H groups in total. The second-order valence-electron chi connectivity index (χ2n) is 7.08. The van der Waals surface area contributed by atoms with E-state index in [0.717, 1.165) is 27.3 Å². The molecule has 0 aliphatic carbocycles. The summed E-state index contributed by atoms with van der Waals surface area (Å²) in [6.45, 7) is 2.22. The molecule has 0 heterocycles. The van der Waals surface area contributed by atoms with Crippen LogP contribution in [0.5, 0.6) is 5.75 Å². The maximum absolute atomic E-state index is 13.0. The maximum atomic E-state index is 13.0. The molecule has 3 heteroatoms. The summed E-state index contributed by atoms with van der Waals surface area (Å²) in [6, 6.07) is 25.8. The Labute approximate surface area is 175 Å². The quantitative estimate of drug-likeness (QED) is 0.139. The first-order valence-corrected chi connectivity index (χ1v) is 11.1. The topological polar surface area (TPSA) is 26.3 Å². The highest BCUT2D eigenvalue weighted by Gasteiger charge is 2.15. The summed E-state index contributed by atoms with van der Waals surface area (Å²) in [7, 11) is 0. The third kappa shape index (κ3) is 4.30. The number of fused-ring (bicyclic) bond motifs is 2. The van der Waals surface area contributed by atoms with Crippen molar-refractivity contribution in [2.45, 2.75) is 31.1 Å². The van der Waals surface area contributed by atoms with Crippen LogP contribution in [-0.2, 0) is 0 Å². The van der Waals surface area contributed by atoms with Crippen molar-refractivity contribution in [3.05, 3.63) is 84.4 Å². The molecule has 0 spiro atoms. The first kappa shape index (κ1) is 19.5. The number of esters is 1. The third-order valence-corrected chi connectivity index (χ3v) is 6.22. The lowest BCUT2D eigenvalue weighted by Crippen LogP contribution is -2.09. The van der Waals surface area contributed by atoms with Crippen molar-refractivity contribution in [1.29, 1.82) is 0 Å². The molecule has 0 atom stereocenters. The Kier molecular flexibility index (Phi) is 6.16. The predicted molar refractivity (Wildman–Crippen MR) is 123 cm³/mol. The molecule has 0 unspecified atom stereocenters. The lowest BCUT2D eigenvalue weighted by molar-refractivity contribution is 0.0739. The SMILES string of the molecule is CCCCCSc1ccc(OC(=O)c2cccc3ccccc23)c2ccccc12. The molecular formula is C26H24O2S. The van der Waals surface area contributed by atoms with Crippen LogP contribution in [0, 0.1) is 0 Å². The van der Waals surface area contributed by atoms with Gasteiger partial charge in [-0.15, -0.1) is 11.8 Å². The monoisotopic (exact) mass is 400 g/mol. The molecule has 0 radical (unpaired) electrons. The summed E-state index contributed by atoms with van der Waals surface area (Å²) in [4.78, 5) is 14.2. The Morgan fingerprint density at radius 3 is 2.34 bits per heavy atom. The summed E-state index contributed by atoms with van der Waals surface area (Å²) < 4.78 is 5.87. The predicted octanol–water partition coefficient (Wildman–Crippen LogP) is 7.49. The number of hydrogen-bond acceptors (Lipinski definition) is 3. The van der Waals surface area contributed by atoms with Crippen LogP contribution in [0.1, 0.15) is 36.5 Å². The van der Waals surface area contributed by atoms with Gasteiger partial charge in [0, 0.05) is 10.3 Å². The molecule has 29 heavy (non-hydrogen) atoms. The summed E-state index contributed by atoms with van der Waals surface area (Å²) >= 11 is 1.88. The summed E-state index contributed by atoms with van der Waals surface area (Å²) in [6.07, 6.45) is 3.70. The second kappa shape index (κ2) is 9.15. The average Bonchev–Trinajstić information content (AvgIpc) is 2.77. The number of carbonyl (C=O) groups is 1. The van der Waals surface area contributed by atoms with E-state index >= 15 is 0 Å². The van der Waals surface area contributed by atoms with Crippen molar-refractivity contribution in [1.82, 2.24) is 0 Å². The molecule has 0 aliphatic heterocycles. The van der Waals surface area contributed by atoms with E-state index in [1.807, 2.05) is 78.5 Å². The number of benzene rings is 4. The van der Waals surface area contributed by atoms with Gasteiger partial charge in [0.1, 0.15) is 5.75 Å². The van der Waals surface area contributed by atoms with Crippen molar-refractivity contribution < 1.29 is 9.53 Å². The molecule has 4 rings (SSSR count). The van der Waals surface area contributed by atoms with E-state index < -0.39 is 0 Å². The molecule has 146 valence electrons. The van der Waals surface area contributed by atoms with E-state index in [2.05, 4.69) is 19.1 Å². The standard InChI is InChI=1S/C26H24O2S/c1-2-3-8-18-29-25-17-16-24(21-13-6-7-14-22(21)25)28-26(27)23-15-9-11-19-10-4-5-12-20(19)23/h4-7,9-17H,2-3,8,18H2,1H3. The molecule has 0 aliphatic rings. The van der Waals surface area contributed by atoms with Gasteiger partial charge >= 0.3 is 5.97 Å². The molecule has 4 aromatic rings. The fraction of sp³-hybridized carbons (Fsp3) is 0.192. The van der Waals surface area contributed by atoms with Gasteiger partial charge in [0.05, 0.1) is 5.56 Å². The van der Waals surface area contributed by atoms with Crippen LogP contribution in [0.15, 0.2) is 83.8 Å². The maximum Gasteiger partial charge on any atom is 0.344 e. The van der Waals surface area contributed by atoms with Gasteiger partial charge < -0.3 is 4.74 Å². The molecule has 0 bridgehead atoms. The fourth-order valence-corrected chi connectivity index (χ4v) is 4.62. The van der Waals surface area contributed by atoms with Crippen LogP contribution in [-0.4, -0.2) is 11.7 Å². The van der Waals surface area contributed by atoms with Crippen LogP contribution in [0.25, 0.3) is 21.5 Å². The van der Waals surface area contributed by atoms with Gasteiger partial charge in [0.15, 0.2) is 0 Å². The number of unbranched alkanes of at least 4 members (excludes halogenated alkanes) is 2. The van der Waals surface area contributed by atoms with Crippen molar-refractivity contribution in [2.75, 3.05) is 5.75 Å². The smallest absolute Gasteiger partial charge is 0.344 e. The zero-order valence-corrected chi connectivity index (χ0v) is 17.4. The number of hydrogen-bond donors (Lipinski definition) is 0. The van der Waals surface area contributed by atoms with E-state index in [1.54, 1.807) is 0 Å². The van der Waals surface area contributed by atoms with E-state index in [4.69, 9.17) is 4.74 Å². The summed E-state index contributed by atoms with van der Waals surface area (Å²) in [5.41, 5.74) is 0.588. The van der Waals surface area contributed by atoms with E-state index in [9.17, 15) is 4.79 Å². The lowest BCUT2D eigenvalue weighted by Gasteiger charge is -2.12. The van der Waals surface area contributed by atoms with Gasteiger partial charge in [-0.1, -0.05) is 80.4 Å². The first-order chi connectivity index (χ1) is 14.3. The second-order valence-corrected chi connectivity index (χ2v) is 8.22.